The van der Waals surface area contributed by atoms with Crippen LogP contribution in [0.1, 0.15) is 38.0 Å². The van der Waals surface area contributed by atoms with Crippen LogP contribution in [0.15, 0.2) is 21.3 Å². The molecule has 3 rings (SSSR count). The van der Waals surface area contributed by atoms with Crippen molar-refractivity contribution in [1.29, 1.82) is 0 Å². The number of halogens is 1. The summed E-state index contributed by atoms with van der Waals surface area (Å²) in [5.41, 5.74) is 6.95. The number of rotatable bonds is 2. The van der Waals surface area contributed by atoms with Crippen LogP contribution in [0.25, 0.3) is 11.4 Å². The van der Waals surface area contributed by atoms with Crippen molar-refractivity contribution >= 4 is 23.7 Å². The molecule has 1 fully saturated rings. The van der Waals surface area contributed by atoms with Crippen LogP contribution < -0.4 is 5.73 Å². The number of hydrogen-bond acceptors (Lipinski definition) is 5. The van der Waals surface area contributed by atoms with Crippen molar-refractivity contribution in [3.8, 4) is 11.4 Å². The van der Waals surface area contributed by atoms with Gasteiger partial charge < -0.3 is 10.3 Å². The molecule has 0 spiro atoms. The summed E-state index contributed by atoms with van der Waals surface area (Å²) in [7, 11) is 0. The maximum Gasteiger partial charge on any atom is 0.247 e. The van der Waals surface area contributed by atoms with Crippen LogP contribution in [0, 0.1) is 0 Å². The molecule has 2 aromatic rings. The number of hydrogen-bond donors (Lipinski definition) is 1. The summed E-state index contributed by atoms with van der Waals surface area (Å²) in [6.07, 6.45) is 5.43. The zero-order valence-corrected chi connectivity index (χ0v) is 11.6. The van der Waals surface area contributed by atoms with E-state index < -0.39 is 5.54 Å². The third kappa shape index (κ3) is 2.43. The smallest absolute Gasteiger partial charge is 0.247 e. The van der Waals surface area contributed by atoms with Gasteiger partial charge in [-0.05, 0) is 24.3 Å². The molecule has 6 heteroatoms. The van der Waals surface area contributed by atoms with Gasteiger partial charge in [0.1, 0.15) is 0 Å². The van der Waals surface area contributed by atoms with Crippen LogP contribution in [-0.4, -0.2) is 10.1 Å². The average Bonchev–Trinajstić information content (AvgIpc) is 3.01. The van der Waals surface area contributed by atoms with Crippen molar-refractivity contribution in [3.63, 3.8) is 0 Å². The number of nitrogens with zero attached hydrogens (tertiary/aromatic N) is 2. The highest BCUT2D eigenvalue weighted by Gasteiger charge is 2.35. The zero-order valence-electron chi connectivity index (χ0n) is 9.96. The molecular formula is C12H16ClN3OS. The lowest BCUT2D eigenvalue weighted by molar-refractivity contribution is 0.220. The SMILES string of the molecule is Cl.NC1(c2nc(-c3ccsc3)no2)CCCCC1. The van der Waals surface area contributed by atoms with E-state index in [0.29, 0.717) is 11.7 Å². The molecule has 0 aliphatic heterocycles. The Balaban J connectivity index is 0.00000120. The van der Waals surface area contributed by atoms with Gasteiger partial charge in [0.2, 0.25) is 11.7 Å². The van der Waals surface area contributed by atoms with E-state index in [1.54, 1.807) is 11.3 Å². The minimum atomic E-state index is -0.403. The van der Waals surface area contributed by atoms with Crippen LogP contribution in [0.4, 0.5) is 0 Å². The van der Waals surface area contributed by atoms with Crippen molar-refractivity contribution in [3.05, 3.63) is 22.7 Å². The molecule has 2 N–H and O–H groups in total. The molecule has 18 heavy (non-hydrogen) atoms. The van der Waals surface area contributed by atoms with Crippen LogP contribution in [0.5, 0.6) is 0 Å². The van der Waals surface area contributed by atoms with Gasteiger partial charge in [0.05, 0.1) is 5.54 Å². The highest BCUT2D eigenvalue weighted by atomic mass is 35.5. The maximum absolute atomic E-state index is 6.35. The Morgan fingerprint density at radius 2 is 2.06 bits per heavy atom. The molecule has 2 aromatic heterocycles. The van der Waals surface area contributed by atoms with Crippen molar-refractivity contribution in [2.45, 2.75) is 37.6 Å². The van der Waals surface area contributed by atoms with Gasteiger partial charge in [0.15, 0.2) is 0 Å². The molecule has 0 atom stereocenters. The van der Waals surface area contributed by atoms with Gasteiger partial charge in [-0.25, -0.2) is 0 Å². The topological polar surface area (TPSA) is 64.9 Å². The van der Waals surface area contributed by atoms with Gasteiger partial charge in [-0.2, -0.15) is 16.3 Å². The number of aromatic nitrogens is 2. The van der Waals surface area contributed by atoms with E-state index in [4.69, 9.17) is 10.3 Å². The van der Waals surface area contributed by atoms with E-state index in [-0.39, 0.29) is 12.4 Å². The fourth-order valence-electron chi connectivity index (χ4n) is 2.33. The molecule has 0 radical (unpaired) electrons. The van der Waals surface area contributed by atoms with E-state index in [2.05, 4.69) is 10.1 Å². The molecular weight excluding hydrogens is 270 g/mol. The van der Waals surface area contributed by atoms with Gasteiger partial charge in [0, 0.05) is 10.9 Å². The van der Waals surface area contributed by atoms with Crippen molar-refractivity contribution in [2.24, 2.45) is 5.73 Å². The summed E-state index contributed by atoms with van der Waals surface area (Å²) >= 11 is 1.63. The predicted octanol–water partition coefficient (Wildman–Crippen LogP) is 3.34. The number of nitrogens with two attached hydrogens (primary N) is 1. The lowest BCUT2D eigenvalue weighted by Crippen LogP contribution is -2.38. The van der Waals surface area contributed by atoms with Crippen molar-refractivity contribution in [1.82, 2.24) is 10.1 Å². The average molecular weight is 286 g/mol. The van der Waals surface area contributed by atoms with Crippen molar-refractivity contribution in [2.75, 3.05) is 0 Å². The Morgan fingerprint density at radius 3 is 2.72 bits per heavy atom. The first-order valence-electron chi connectivity index (χ1n) is 5.94. The Morgan fingerprint density at radius 1 is 1.28 bits per heavy atom. The maximum atomic E-state index is 6.35. The van der Waals surface area contributed by atoms with Crippen LogP contribution >= 0.6 is 23.7 Å². The Labute approximate surface area is 116 Å². The third-order valence-corrected chi connectivity index (χ3v) is 4.06. The lowest BCUT2D eigenvalue weighted by atomic mass is 9.82. The normalized spacial score (nSPS) is 18.3. The molecule has 0 saturated heterocycles. The van der Waals surface area contributed by atoms with Crippen molar-refractivity contribution < 1.29 is 4.52 Å². The molecule has 0 bridgehead atoms. The van der Waals surface area contributed by atoms with Gasteiger partial charge in [-0.1, -0.05) is 24.4 Å². The molecule has 0 aromatic carbocycles. The van der Waals surface area contributed by atoms with E-state index in [0.717, 1.165) is 31.2 Å². The predicted molar refractivity (Wildman–Crippen MR) is 73.8 cm³/mol. The standard InChI is InChI=1S/C12H15N3OS.ClH/c13-12(5-2-1-3-6-12)11-14-10(15-16-11)9-4-7-17-8-9;/h4,7-8H,1-3,5-6,13H2;1H. The second-order valence-electron chi connectivity index (χ2n) is 4.65. The first-order valence-corrected chi connectivity index (χ1v) is 6.88. The minimum Gasteiger partial charge on any atom is -0.337 e. The molecule has 1 aliphatic rings. The first kappa shape index (κ1) is 13.5. The molecule has 1 saturated carbocycles. The Kier molecular flexibility index (Phi) is 4.04. The minimum absolute atomic E-state index is 0. The van der Waals surface area contributed by atoms with E-state index in [9.17, 15) is 0 Å². The third-order valence-electron chi connectivity index (χ3n) is 3.38. The summed E-state index contributed by atoms with van der Waals surface area (Å²) < 4.78 is 5.35. The summed E-state index contributed by atoms with van der Waals surface area (Å²) in [4.78, 5) is 4.45. The quantitative estimate of drug-likeness (QED) is 0.919. The van der Waals surface area contributed by atoms with E-state index in [1.807, 2.05) is 16.8 Å². The van der Waals surface area contributed by atoms with E-state index >= 15 is 0 Å². The summed E-state index contributed by atoms with van der Waals surface area (Å²) in [5.74, 6) is 1.25. The monoisotopic (exact) mass is 285 g/mol. The van der Waals surface area contributed by atoms with E-state index in [1.165, 1.54) is 6.42 Å². The number of thiophene rings is 1. The molecule has 2 heterocycles. The van der Waals surface area contributed by atoms with Gasteiger partial charge in [0.25, 0.3) is 0 Å². The Hall–Kier alpha value is -0.910. The summed E-state index contributed by atoms with van der Waals surface area (Å²) in [6.45, 7) is 0. The highest BCUT2D eigenvalue weighted by molar-refractivity contribution is 7.08. The molecule has 4 nitrogen and oxygen atoms in total. The Bertz CT molecular complexity index is 491. The second kappa shape index (κ2) is 5.38. The zero-order chi connectivity index (χ0) is 11.7. The summed E-state index contributed by atoms with van der Waals surface area (Å²) in [5, 5.41) is 8.04. The largest absolute Gasteiger partial charge is 0.337 e. The lowest BCUT2D eigenvalue weighted by Gasteiger charge is -2.29. The van der Waals surface area contributed by atoms with Gasteiger partial charge in [-0.3, -0.25) is 0 Å². The second-order valence-corrected chi connectivity index (χ2v) is 5.43. The fraction of sp³-hybridized carbons (Fsp3) is 0.500. The van der Waals surface area contributed by atoms with Crippen LogP contribution in [0.3, 0.4) is 0 Å². The highest BCUT2D eigenvalue weighted by Crippen LogP contribution is 2.34. The van der Waals surface area contributed by atoms with Crippen LogP contribution in [-0.2, 0) is 5.54 Å². The molecule has 1 aliphatic carbocycles. The molecule has 0 unspecified atom stereocenters. The molecule has 98 valence electrons. The summed E-state index contributed by atoms with van der Waals surface area (Å²) in [6, 6.07) is 1.99. The van der Waals surface area contributed by atoms with Gasteiger partial charge in [-0.15, -0.1) is 12.4 Å². The van der Waals surface area contributed by atoms with Gasteiger partial charge >= 0.3 is 0 Å². The first-order chi connectivity index (χ1) is 8.28. The van der Waals surface area contributed by atoms with Crippen LogP contribution in [0.2, 0.25) is 0 Å². The molecule has 0 amide bonds. The fourth-order valence-corrected chi connectivity index (χ4v) is 2.97.